The lowest BCUT2D eigenvalue weighted by atomic mass is 10.1. The number of hydrogen-bond acceptors (Lipinski definition) is 2. The summed E-state index contributed by atoms with van der Waals surface area (Å²) in [4.78, 5) is 0. The van der Waals surface area contributed by atoms with Crippen LogP contribution in [0.2, 0.25) is 0 Å². The first kappa shape index (κ1) is 12.2. The van der Waals surface area contributed by atoms with Crippen molar-refractivity contribution in [1.29, 1.82) is 0 Å². The van der Waals surface area contributed by atoms with E-state index in [4.69, 9.17) is 5.11 Å². The van der Waals surface area contributed by atoms with Gasteiger partial charge in [-0.2, -0.15) is 0 Å². The summed E-state index contributed by atoms with van der Waals surface area (Å²) in [6, 6.07) is 8.47. The van der Waals surface area contributed by atoms with Gasteiger partial charge < -0.3 is 10.4 Å². The first-order chi connectivity index (χ1) is 7.20. The standard InChI is InChI=1S/C13H21NO/c1-11-5-3-4-6-13(11)8-10-14-9-7-12(2)15/h3-6,12,14-15H,7-10H2,1-2H3. The van der Waals surface area contributed by atoms with Gasteiger partial charge in [0.2, 0.25) is 0 Å². The Morgan fingerprint density at radius 1 is 1.27 bits per heavy atom. The molecule has 0 aliphatic carbocycles. The predicted molar refractivity (Wildman–Crippen MR) is 64.1 cm³/mol. The van der Waals surface area contributed by atoms with E-state index in [1.165, 1.54) is 11.1 Å². The lowest BCUT2D eigenvalue weighted by molar-refractivity contribution is 0.184. The summed E-state index contributed by atoms with van der Waals surface area (Å²) in [5.41, 5.74) is 2.76. The fourth-order valence-corrected chi connectivity index (χ4v) is 1.55. The molecule has 0 bridgehead atoms. The Labute approximate surface area is 92.3 Å². The maximum Gasteiger partial charge on any atom is 0.0524 e. The van der Waals surface area contributed by atoms with Crippen molar-refractivity contribution in [1.82, 2.24) is 5.32 Å². The van der Waals surface area contributed by atoms with Gasteiger partial charge in [-0.05, 0) is 50.9 Å². The Bertz CT molecular complexity index is 284. The molecule has 0 fully saturated rings. The first-order valence-corrected chi connectivity index (χ1v) is 5.63. The second-order valence-corrected chi connectivity index (χ2v) is 4.06. The summed E-state index contributed by atoms with van der Waals surface area (Å²) < 4.78 is 0. The molecule has 0 saturated carbocycles. The van der Waals surface area contributed by atoms with Gasteiger partial charge in [0.05, 0.1) is 6.10 Å². The highest BCUT2D eigenvalue weighted by Crippen LogP contribution is 2.06. The Balaban J connectivity index is 2.18. The van der Waals surface area contributed by atoms with E-state index >= 15 is 0 Å². The van der Waals surface area contributed by atoms with Crippen molar-refractivity contribution in [2.75, 3.05) is 13.1 Å². The lowest BCUT2D eigenvalue weighted by Crippen LogP contribution is -2.21. The number of benzene rings is 1. The van der Waals surface area contributed by atoms with Crippen LogP contribution < -0.4 is 5.32 Å². The van der Waals surface area contributed by atoms with Gasteiger partial charge >= 0.3 is 0 Å². The molecule has 0 aromatic heterocycles. The Kier molecular flexibility index (Phi) is 5.37. The van der Waals surface area contributed by atoms with Crippen LogP contribution in [0.1, 0.15) is 24.5 Å². The van der Waals surface area contributed by atoms with Crippen molar-refractivity contribution < 1.29 is 5.11 Å². The molecule has 0 saturated heterocycles. The van der Waals surface area contributed by atoms with Crippen molar-refractivity contribution in [2.24, 2.45) is 0 Å². The van der Waals surface area contributed by atoms with E-state index in [2.05, 4.69) is 36.5 Å². The molecule has 2 nitrogen and oxygen atoms in total. The Morgan fingerprint density at radius 3 is 2.67 bits per heavy atom. The number of aliphatic hydroxyl groups is 1. The average molecular weight is 207 g/mol. The van der Waals surface area contributed by atoms with Gasteiger partial charge in [0, 0.05) is 0 Å². The zero-order chi connectivity index (χ0) is 11.1. The molecule has 2 N–H and O–H groups in total. The van der Waals surface area contributed by atoms with Gasteiger partial charge in [0.25, 0.3) is 0 Å². The molecular weight excluding hydrogens is 186 g/mol. The second-order valence-electron chi connectivity index (χ2n) is 4.06. The highest BCUT2D eigenvalue weighted by atomic mass is 16.3. The molecular formula is C13H21NO. The SMILES string of the molecule is Cc1ccccc1CCNCCC(C)O. The predicted octanol–water partition coefficient (Wildman–Crippen LogP) is 1.90. The summed E-state index contributed by atoms with van der Waals surface area (Å²) in [7, 11) is 0. The van der Waals surface area contributed by atoms with Crippen LogP contribution in [0.5, 0.6) is 0 Å². The minimum absolute atomic E-state index is 0.198. The van der Waals surface area contributed by atoms with E-state index in [0.29, 0.717) is 0 Å². The Hall–Kier alpha value is -0.860. The third-order valence-corrected chi connectivity index (χ3v) is 2.57. The fourth-order valence-electron chi connectivity index (χ4n) is 1.55. The quantitative estimate of drug-likeness (QED) is 0.698. The second kappa shape index (κ2) is 6.59. The van der Waals surface area contributed by atoms with Crippen LogP contribution in [-0.4, -0.2) is 24.3 Å². The average Bonchev–Trinajstić information content (AvgIpc) is 2.20. The molecule has 1 unspecified atom stereocenters. The highest BCUT2D eigenvalue weighted by molar-refractivity contribution is 5.25. The van der Waals surface area contributed by atoms with Crippen molar-refractivity contribution >= 4 is 0 Å². The van der Waals surface area contributed by atoms with E-state index in [1.807, 2.05) is 6.92 Å². The maximum absolute atomic E-state index is 9.07. The first-order valence-electron chi connectivity index (χ1n) is 5.63. The number of nitrogens with one attached hydrogen (secondary N) is 1. The minimum atomic E-state index is -0.198. The normalized spacial score (nSPS) is 12.7. The molecule has 0 aliphatic heterocycles. The molecule has 1 aromatic carbocycles. The molecule has 1 atom stereocenters. The molecule has 2 heteroatoms. The van der Waals surface area contributed by atoms with Crippen LogP contribution in [-0.2, 0) is 6.42 Å². The van der Waals surface area contributed by atoms with Crippen molar-refractivity contribution in [3.05, 3.63) is 35.4 Å². The topological polar surface area (TPSA) is 32.3 Å². The van der Waals surface area contributed by atoms with Crippen LogP contribution in [0.4, 0.5) is 0 Å². The van der Waals surface area contributed by atoms with Crippen molar-refractivity contribution in [3.8, 4) is 0 Å². The van der Waals surface area contributed by atoms with Crippen molar-refractivity contribution in [3.63, 3.8) is 0 Å². The Morgan fingerprint density at radius 2 is 2.00 bits per heavy atom. The van der Waals surface area contributed by atoms with E-state index in [-0.39, 0.29) is 6.10 Å². The zero-order valence-electron chi connectivity index (χ0n) is 9.66. The summed E-state index contributed by atoms with van der Waals surface area (Å²) in [5, 5.41) is 12.4. The number of aryl methyl sites for hydroxylation is 1. The van der Waals surface area contributed by atoms with Gasteiger partial charge in [-0.15, -0.1) is 0 Å². The number of hydrogen-bond donors (Lipinski definition) is 2. The zero-order valence-corrected chi connectivity index (χ0v) is 9.66. The van der Waals surface area contributed by atoms with E-state index in [0.717, 1.165) is 25.9 Å². The van der Waals surface area contributed by atoms with Gasteiger partial charge in [-0.1, -0.05) is 24.3 Å². The lowest BCUT2D eigenvalue weighted by Gasteiger charge is -2.08. The van der Waals surface area contributed by atoms with Crippen LogP contribution in [0.15, 0.2) is 24.3 Å². The molecule has 0 aliphatic rings. The summed E-state index contributed by atoms with van der Waals surface area (Å²) in [6.45, 7) is 5.84. The van der Waals surface area contributed by atoms with E-state index < -0.39 is 0 Å². The largest absolute Gasteiger partial charge is 0.393 e. The van der Waals surface area contributed by atoms with E-state index in [1.54, 1.807) is 0 Å². The molecule has 84 valence electrons. The molecule has 0 radical (unpaired) electrons. The van der Waals surface area contributed by atoms with Crippen LogP contribution >= 0.6 is 0 Å². The third-order valence-electron chi connectivity index (χ3n) is 2.57. The minimum Gasteiger partial charge on any atom is -0.393 e. The van der Waals surface area contributed by atoms with E-state index in [9.17, 15) is 0 Å². The number of aliphatic hydroxyl groups excluding tert-OH is 1. The molecule has 0 spiro atoms. The van der Waals surface area contributed by atoms with Crippen LogP contribution in [0, 0.1) is 6.92 Å². The smallest absolute Gasteiger partial charge is 0.0524 e. The monoisotopic (exact) mass is 207 g/mol. The summed E-state index contributed by atoms with van der Waals surface area (Å²) in [6.07, 6.45) is 1.69. The molecule has 0 heterocycles. The van der Waals surface area contributed by atoms with Crippen molar-refractivity contribution in [2.45, 2.75) is 32.8 Å². The maximum atomic E-state index is 9.07. The molecule has 1 rings (SSSR count). The number of rotatable bonds is 6. The van der Waals surface area contributed by atoms with Gasteiger partial charge in [-0.25, -0.2) is 0 Å². The molecule has 0 amide bonds. The third kappa shape index (κ3) is 4.96. The summed E-state index contributed by atoms with van der Waals surface area (Å²) in [5.74, 6) is 0. The fraction of sp³-hybridized carbons (Fsp3) is 0.538. The van der Waals surface area contributed by atoms with Gasteiger partial charge in [-0.3, -0.25) is 0 Å². The van der Waals surface area contributed by atoms with Crippen LogP contribution in [0.3, 0.4) is 0 Å². The highest BCUT2D eigenvalue weighted by Gasteiger charge is 1.97. The molecule has 1 aromatic rings. The van der Waals surface area contributed by atoms with Crippen LogP contribution in [0.25, 0.3) is 0 Å². The molecule has 15 heavy (non-hydrogen) atoms. The summed E-state index contributed by atoms with van der Waals surface area (Å²) >= 11 is 0. The van der Waals surface area contributed by atoms with Gasteiger partial charge in [0.15, 0.2) is 0 Å². The van der Waals surface area contributed by atoms with Gasteiger partial charge in [0.1, 0.15) is 0 Å².